The minimum Gasteiger partial charge on any atom is -0.463 e. The number of carbonyl (C=O) groups is 2. The predicted octanol–water partition coefficient (Wildman–Crippen LogP) is 0.897. The van der Waals surface area contributed by atoms with E-state index in [2.05, 4.69) is 4.98 Å². The third-order valence-electron chi connectivity index (χ3n) is 2.23. The lowest BCUT2D eigenvalue weighted by Crippen LogP contribution is -2.32. The molecule has 2 rings (SSSR count). The molecular formula is C11H11NO4. The highest BCUT2D eigenvalue weighted by Gasteiger charge is 2.39. The molecule has 1 aromatic rings. The van der Waals surface area contributed by atoms with Crippen LogP contribution < -0.4 is 4.74 Å². The molecule has 0 bridgehead atoms. The van der Waals surface area contributed by atoms with E-state index in [1.165, 1.54) is 0 Å². The van der Waals surface area contributed by atoms with Gasteiger partial charge in [-0.15, -0.1) is 0 Å². The van der Waals surface area contributed by atoms with Crippen LogP contribution in [0.3, 0.4) is 0 Å². The van der Waals surface area contributed by atoms with Crippen LogP contribution in [0.5, 0.6) is 5.88 Å². The molecule has 1 unspecified atom stereocenters. The summed E-state index contributed by atoms with van der Waals surface area (Å²) in [5, 5.41) is 0. The van der Waals surface area contributed by atoms with Gasteiger partial charge in [-0.1, -0.05) is 0 Å². The summed E-state index contributed by atoms with van der Waals surface area (Å²) in [4.78, 5) is 27.2. The van der Waals surface area contributed by atoms with Gasteiger partial charge in [-0.05, 0) is 26.0 Å². The van der Waals surface area contributed by atoms with Gasteiger partial charge in [0.15, 0.2) is 0 Å². The number of pyridine rings is 1. The molecule has 5 nitrogen and oxygen atoms in total. The molecular weight excluding hydrogens is 210 g/mol. The number of nitrogens with zero attached hydrogens (tertiary/aromatic N) is 1. The van der Waals surface area contributed by atoms with Gasteiger partial charge in [0.1, 0.15) is 0 Å². The first-order valence-corrected chi connectivity index (χ1v) is 4.98. The van der Waals surface area contributed by atoms with Crippen LogP contribution in [0.15, 0.2) is 12.1 Å². The summed E-state index contributed by atoms with van der Waals surface area (Å²) in [6.07, 6.45) is -1.19. The van der Waals surface area contributed by atoms with Crippen LogP contribution in [-0.4, -0.2) is 29.4 Å². The van der Waals surface area contributed by atoms with Crippen LogP contribution in [0.4, 0.5) is 0 Å². The molecule has 0 aromatic carbocycles. The van der Waals surface area contributed by atoms with Crippen molar-refractivity contribution in [3.63, 3.8) is 0 Å². The smallest absolute Gasteiger partial charge is 0.355 e. The largest absolute Gasteiger partial charge is 0.463 e. The molecule has 1 aliphatic rings. The van der Waals surface area contributed by atoms with Crippen LogP contribution in [0.2, 0.25) is 0 Å². The summed E-state index contributed by atoms with van der Waals surface area (Å²) < 4.78 is 9.92. The summed E-state index contributed by atoms with van der Waals surface area (Å²) in [6.45, 7) is 3.67. The van der Waals surface area contributed by atoms with Crippen molar-refractivity contribution in [2.75, 3.05) is 6.61 Å². The first kappa shape index (κ1) is 10.6. The van der Waals surface area contributed by atoms with E-state index in [4.69, 9.17) is 9.47 Å². The van der Waals surface area contributed by atoms with Crippen LogP contribution in [-0.2, 0) is 9.53 Å². The Morgan fingerprint density at radius 1 is 1.56 bits per heavy atom. The molecule has 0 fully saturated rings. The summed E-state index contributed by atoms with van der Waals surface area (Å²) in [5.74, 6) is -0.841. The van der Waals surface area contributed by atoms with E-state index in [1.807, 2.05) is 0 Å². The Labute approximate surface area is 92.4 Å². The topological polar surface area (TPSA) is 65.5 Å². The van der Waals surface area contributed by atoms with Gasteiger partial charge >= 0.3 is 5.97 Å². The predicted molar refractivity (Wildman–Crippen MR) is 54.4 cm³/mol. The van der Waals surface area contributed by atoms with Gasteiger partial charge in [0.05, 0.1) is 12.2 Å². The fourth-order valence-corrected chi connectivity index (χ4v) is 1.49. The lowest BCUT2D eigenvalue weighted by atomic mass is 10.1. The number of aryl methyl sites for hydroxylation is 1. The van der Waals surface area contributed by atoms with Crippen molar-refractivity contribution in [1.29, 1.82) is 0 Å². The van der Waals surface area contributed by atoms with E-state index in [-0.39, 0.29) is 18.3 Å². The van der Waals surface area contributed by atoms with E-state index in [0.717, 1.165) is 5.69 Å². The maximum Gasteiger partial charge on any atom is 0.355 e. The van der Waals surface area contributed by atoms with Gasteiger partial charge < -0.3 is 9.47 Å². The highest BCUT2D eigenvalue weighted by atomic mass is 16.6. The maximum absolute atomic E-state index is 11.8. The molecule has 0 saturated carbocycles. The number of hydrogen-bond donors (Lipinski definition) is 0. The van der Waals surface area contributed by atoms with Gasteiger partial charge in [0.2, 0.25) is 11.7 Å². The van der Waals surface area contributed by atoms with Crippen molar-refractivity contribution >= 4 is 11.8 Å². The van der Waals surface area contributed by atoms with Crippen molar-refractivity contribution in [2.45, 2.75) is 20.0 Å². The van der Waals surface area contributed by atoms with E-state index in [1.54, 1.807) is 26.0 Å². The van der Waals surface area contributed by atoms with Crippen molar-refractivity contribution < 1.29 is 19.1 Å². The number of rotatable bonds is 2. The van der Waals surface area contributed by atoms with Gasteiger partial charge in [0.25, 0.3) is 6.10 Å². The van der Waals surface area contributed by atoms with Crippen molar-refractivity contribution in [1.82, 2.24) is 4.98 Å². The molecule has 0 radical (unpaired) electrons. The average molecular weight is 221 g/mol. The van der Waals surface area contributed by atoms with Crippen molar-refractivity contribution in [3.8, 4) is 5.88 Å². The lowest BCUT2D eigenvalue weighted by molar-refractivity contribution is -0.148. The standard InChI is InChI=1S/C11H11NO4/c1-3-15-11(14)9-8(13)7-5-4-6(2)12-10(7)16-9/h4-5,9H,3H2,1-2H3. The lowest BCUT2D eigenvalue weighted by Gasteiger charge is -2.06. The van der Waals surface area contributed by atoms with Crippen LogP contribution in [0.1, 0.15) is 23.0 Å². The zero-order chi connectivity index (χ0) is 11.7. The number of Topliss-reactive ketones (excluding diaryl/α,β-unsaturated/α-hetero) is 1. The normalized spacial score (nSPS) is 17.9. The molecule has 0 spiro atoms. The van der Waals surface area contributed by atoms with Crippen LogP contribution in [0, 0.1) is 6.92 Å². The molecule has 0 amide bonds. The molecule has 0 saturated heterocycles. The van der Waals surface area contributed by atoms with Gasteiger partial charge in [-0.3, -0.25) is 4.79 Å². The van der Waals surface area contributed by atoms with E-state index < -0.39 is 12.1 Å². The zero-order valence-electron chi connectivity index (χ0n) is 9.02. The Balaban J connectivity index is 2.27. The molecule has 84 valence electrons. The second-order valence-electron chi connectivity index (χ2n) is 3.42. The first-order valence-electron chi connectivity index (χ1n) is 4.98. The SMILES string of the molecule is CCOC(=O)C1Oc2nc(C)ccc2C1=O. The van der Waals surface area contributed by atoms with Crippen LogP contribution in [0.25, 0.3) is 0 Å². The molecule has 1 atom stereocenters. The summed E-state index contributed by atoms with van der Waals surface area (Å²) in [5.41, 5.74) is 1.07. The Kier molecular flexibility index (Phi) is 2.60. The molecule has 2 heterocycles. The van der Waals surface area contributed by atoms with Gasteiger partial charge in [-0.25, -0.2) is 9.78 Å². The number of fused-ring (bicyclic) bond motifs is 1. The minimum absolute atomic E-state index is 0.211. The quantitative estimate of drug-likeness (QED) is 0.548. The molecule has 1 aliphatic heterocycles. The van der Waals surface area contributed by atoms with Gasteiger partial charge in [-0.2, -0.15) is 0 Å². The zero-order valence-corrected chi connectivity index (χ0v) is 9.02. The minimum atomic E-state index is -1.19. The average Bonchev–Trinajstić information content (AvgIpc) is 2.56. The highest BCUT2D eigenvalue weighted by molar-refractivity contribution is 6.14. The highest BCUT2D eigenvalue weighted by Crippen LogP contribution is 2.27. The number of carbonyl (C=O) groups excluding carboxylic acids is 2. The maximum atomic E-state index is 11.8. The molecule has 0 N–H and O–H groups in total. The molecule has 16 heavy (non-hydrogen) atoms. The number of ether oxygens (including phenoxy) is 2. The fourth-order valence-electron chi connectivity index (χ4n) is 1.49. The Morgan fingerprint density at radius 2 is 2.31 bits per heavy atom. The Bertz CT molecular complexity index is 455. The van der Waals surface area contributed by atoms with Crippen molar-refractivity contribution in [3.05, 3.63) is 23.4 Å². The Hall–Kier alpha value is -1.91. The molecule has 5 heteroatoms. The Morgan fingerprint density at radius 3 is 3.00 bits per heavy atom. The van der Waals surface area contributed by atoms with E-state index >= 15 is 0 Å². The monoisotopic (exact) mass is 221 g/mol. The number of hydrogen-bond acceptors (Lipinski definition) is 5. The number of ketones is 1. The first-order chi connectivity index (χ1) is 7.63. The van der Waals surface area contributed by atoms with Crippen LogP contribution >= 0.6 is 0 Å². The third kappa shape index (κ3) is 1.64. The van der Waals surface area contributed by atoms with Gasteiger partial charge in [0, 0.05) is 5.69 Å². The summed E-state index contributed by atoms with van der Waals surface area (Å²) in [7, 11) is 0. The van der Waals surface area contributed by atoms with E-state index in [0.29, 0.717) is 5.56 Å². The fraction of sp³-hybridized carbons (Fsp3) is 0.364. The second kappa shape index (κ2) is 3.92. The summed E-state index contributed by atoms with van der Waals surface area (Å²) in [6, 6.07) is 3.31. The second-order valence-corrected chi connectivity index (χ2v) is 3.42. The summed E-state index contributed by atoms with van der Waals surface area (Å²) >= 11 is 0. The van der Waals surface area contributed by atoms with E-state index in [9.17, 15) is 9.59 Å². The number of esters is 1. The van der Waals surface area contributed by atoms with Crippen molar-refractivity contribution in [2.24, 2.45) is 0 Å². The third-order valence-corrected chi connectivity index (χ3v) is 2.23. The molecule has 1 aromatic heterocycles. The molecule has 0 aliphatic carbocycles. The number of aromatic nitrogens is 1.